The van der Waals surface area contributed by atoms with E-state index in [-0.39, 0.29) is 0 Å². The molecule has 18 heavy (non-hydrogen) atoms. The van der Waals surface area contributed by atoms with Crippen LogP contribution in [-0.4, -0.2) is 18.1 Å². The standard InChI is InChI=1S/C14H27N3S/c1-4-12(13-17-10-11-18-13)16-9-5-6-14(2,3)7-8-15/h10-12,16H,4-9,15H2,1-3H3. The fraction of sp³-hybridized carbons (Fsp3) is 0.786. The van der Waals surface area contributed by atoms with Gasteiger partial charge >= 0.3 is 0 Å². The molecular formula is C14H27N3S. The van der Waals surface area contributed by atoms with Gasteiger partial charge in [0.05, 0.1) is 6.04 Å². The van der Waals surface area contributed by atoms with E-state index in [1.807, 2.05) is 11.6 Å². The predicted molar refractivity (Wildman–Crippen MR) is 79.8 cm³/mol. The van der Waals surface area contributed by atoms with Crippen LogP contribution in [0, 0.1) is 5.41 Å². The highest BCUT2D eigenvalue weighted by Gasteiger charge is 2.16. The van der Waals surface area contributed by atoms with Gasteiger partial charge in [0.25, 0.3) is 0 Å². The molecule has 0 spiro atoms. The third-order valence-corrected chi connectivity index (χ3v) is 4.29. The third-order valence-electron chi connectivity index (χ3n) is 3.40. The monoisotopic (exact) mass is 269 g/mol. The molecule has 3 N–H and O–H groups in total. The fourth-order valence-electron chi connectivity index (χ4n) is 2.17. The number of aromatic nitrogens is 1. The average molecular weight is 269 g/mol. The molecule has 0 bridgehead atoms. The lowest BCUT2D eigenvalue weighted by Gasteiger charge is -2.24. The summed E-state index contributed by atoms with van der Waals surface area (Å²) in [4.78, 5) is 4.38. The van der Waals surface area contributed by atoms with E-state index in [0.29, 0.717) is 11.5 Å². The van der Waals surface area contributed by atoms with Gasteiger partial charge in [-0.3, -0.25) is 0 Å². The SMILES string of the molecule is CCC(NCCCC(C)(C)CCN)c1nccs1. The van der Waals surface area contributed by atoms with E-state index in [4.69, 9.17) is 5.73 Å². The van der Waals surface area contributed by atoms with Crippen LogP contribution in [0.4, 0.5) is 0 Å². The van der Waals surface area contributed by atoms with Crippen LogP contribution in [0.25, 0.3) is 0 Å². The second-order valence-electron chi connectivity index (χ2n) is 5.59. The smallest absolute Gasteiger partial charge is 0.109 e. The van der Waals surface area contributed by atoms with Gasteiger partial charge in [-0.15, -0.1) is 11.3 Å². The van der Waals surface area contributed by atoms with Crippen LogP contribution in [0.2, 0.25) is 0 Å². The lowest BCUT2D eigenvalue weighted by atomic mass is 9.84. The Balaban J connectivity index is 2.24. The summed E-state index contributed by atoms with van der Waals surface area (Å²) < 4.78 is 0. The first-order valence-electron chi connectivity index (χ1n) is 6.92. The van der Waals surface area contributed by atoms with Crippen molar-refractivity contribution in [1.29, 1.82) is 0 Å². The molecule has 0 fully saturated rings. The van der Waals surface area contributed by atoms with Crippen molar-refractivity contribution >= 4 is 11.3 Å². The second kappa shape index (κ2) is 7.87. The number of rotatable bonds is 9. The summed E-state index contributed by atoms with van der Waals surface area (Å²) in [5, 5.41) is 6.86. The summed E-state index contributed by atoms with van der Waals surface area (Å²) in [6.07, 6.45) is 6.52. The molecule has 1 unspecified atom stereocenters. The van der Waals surface area contributed by atoms with Crippen LogP contribution in [-0.2, 0) is 0 Å². The molecule has 1 atom stereocenters. The molecule has 0 aromatic carbocycles. The van der Waals surface area contributed by atoms with Gasteiger partial charge in [-0.25, -0.2) is 4.98 Å². The van der Waals surface area contributed by atoms with Crippen LogP contribution < -0.4 is 11.1 Å². The van der Waals surface area contributed by atoms with Gasteiger partial charge in [-0.1, -0.05) is 20.8 Å². The zero-order valence-corrected chi connectivity index (χ0v) is 12.7. The van der Waals surface area contributed by atoms with Gasteiger partial charge < -0.3 is 11.1 Å². The molecule has 0 aliphatic rings. The van der Waals surface area contributed by atoms with Crippen LogP contribution in [0.5, 0.6) is 0 Å². The molecule has 1 heterocycles. The minimum absolute atomic E-state index is 0.374. The Morgan fingerprint density at radius 2 is 2.22 bits per heavy atom. The van der Waals surface area contributed by atoms with Crippen molar-refractivity contribution in [3.63, 3.8) is 0 Å². The number of nitrogens with one attached hydrogen (secondary N) is 1. The first-order chi connectivity index (χ1) is 8.59. The highest BCUT2D eigenvalue weighted by Crippen LogP contribution is 2.26. The quantitative estimate of drug-likeness (QED) is 0.676. The summed E-state index contributed by atoms with van der Waals surface area (Å²) in [5.74, 6) is 0. The lowest BCUT2D eigenvalue weighted by molar-refractivity contribution is 0.299. The van der Waals surface area contributed by atoms with Crippen LogP contribution in [0.3, 0.4) is 0 Å². The minimum Gasteiger partial charge on any atom is -0.330 e. The molecule has 0 radical (unpaired) electrons. The molecule has 0 amide bonds. The number of hydrogen-bond donors (Lipinski definition) is 2. The Hall–Kier alpha value is -0.450. The summed E-state index contributed by atoms with van der Waals surface area (Å²) in [7, 11) is 0. The molecule has 104 valence electrons. The van der Waals surface area contributed by atoms with Crippen molar-refractivity contribution in [3.8, 4) is 0 Å². The topological polar surface area (TPSA) is 50.9 Å². The molecule has 0 aliphatic heterocycles. The summed E-state index contributed by atoms with van der Waals surface area (Å²) in [6.45, 7) is 8.66. The van der Waals surface area contributed by atoms with Crippen molar-refractivity contribution in [3.05, 3.63) is 16.6 Å². The normalized spacial score (nSPS) is 13.8. The van der Waals surface area contributed by atoms with Crippen molar-refractivity contribution in [1.82, 2.24) is 10.3 Å². The third kappa shape index (κ3) is 5.46. The Morgan fingerprint density at radius 1 is 1.44 bits per heavy atom. The number of nitrogens with zero attached hydrogens (tertiary/aromatic N) is 1. The van der Waals surface area contributed by atoms with E-state index >= 15 is 0 Å². The summed E-state index contributed by atoms with van der Waals surface area (Å²) >= 11 is 1.74. The van der Waals surface area contributed by atoms with Gasteiger partial charge in [-0.2, -0.15) is 0 Å². The highest BCUT2D eigenvalue weighted by atomic mass is 32.1. The Labute approximate surface area is 115 Å². The Bertz CT molecular complexity index is 309. The molecule has 1 aromatic rings. The zero-order chi connectivity index (χ0) is 13.4. The fourth-order valence-corrected chi connectivity index (χ4v) is 2.97. The lowest BCUT2D eigenvalue weighted by Crippen LogP contribution is -2.24. The molecule has 1 rings (SSSR count). The maximum Gasteiger partial charge on any atom is 0.109 e. The van der Waals surface area contributed by atoms with Gasteiger partial charge in [0, 0.05) is 11.6 Å². The van der Waals surface area contributed by atoms with Gasteiger partial charge in [0.2, 0.25) is 0 Å². The number of nitrogens with two attached hydrogens (primary N) is 1. The Kier molecular flexibility index (Phi) is 6.82. The molecule has 1 aromatic heterocycles. The van der Waals surface area contributed by atoms with Crippen LogP contribution in [0.15, 0.2) is 11.6 Å². The van der Waals surface area contributed by atoms with Crippen molar-refractivity contribution < 1.29 is 0 Å². The van der Waals surface area contributed by atoms with E-state index in [9.17, 15) is 0 Å². The van der Waals surface area contributed by atoms with Crippen molar-refractivity contribution in [2.75, 3.05) is 13.1 Å². The average Bonchev–Trinajstić information content (AvgIpc) is 2.82. The minimum atomic E-state index is 0.374. The van der Waals surface area contributed by atoms with Gasteiger partial charge in [-0.05, 0) is 44.2 Å². The largest absolute Gasteiger partial charge is 0.330 e. The van der Waals surface area contributed by atoms with E-state index in [1.165, 1.54) is 17.8 Å². The zero-order valence-electron chi connectivity index (χ0n) is 11.9. The first-order valence-corrected chi connectivity index (χ1v) is 7.80. The molecule has 0 aliphatic carbocycles. The molecule has 0 saturated heterocycles. The second-order valence-corrected chi connectivity index (χ2v) is 6.52. The number of thiazole rings is 1. The first kappa shape index (κ1) is 15.6. The van der Waals surface area contributed by atoms with Crippen molar-refractivity contribution in [2.24, 2.45) is 11.1 Å². The summed E-state index contributed by atoms with van der Waals surface area (Å²) in [5.41, 5.74) is 6.00. The van der Waals surface area contributed by atoms with Crippen molar-refractivity contribution in [2.45, 2.75) is 52.5 Å². The van der Waals surface area contributed by atoms with Crippen LogP contribution >= 0.6 is 11.3 Å². The maximum atomic E-state index is 5.63. The van der Waals surface area contributed by atoms with E-state index in [2.05, 4.69) is 31.1 Å². The molecule has 0 saturated carbocycles. The van der Waals surface area contributed by atoms with E-state index in [1.54, 1.807) is 11.3 Å². The van der Waals surface area contributed by atoms with Gasteiger partial charge in [0.1, 0.15) is 5.01 Å². The van der Waals surface area contributed by atoms with Gasteiger partial charge in [0.15, 0.2) is 0 Å². The Morgan fingerprint density at radius 3 is 2.78 bits per heavy atom. The van der Waals surface area contributed by atoms with E-state index < -0.39 is 0 Å². The molecule has 4 heteroatoms. The number of hydrogen-bond acceptors (Lipinski definition) is 4. The highest BCUT2D eigenvalue weighted by molar-refractivity contribution is 7.09. The maximum absolute atomic E-state index is 5.63. The molecule has 3 nitrogen and oxygen atoms in total. The summed E-state index contributed by atoms with van der Waals surface area (Å²) in [6, 6.07) is 0.419. The molecular weight excluding hydrogens is 242 g/mol. The van der Waals surface area contributed by atoms with E-state index in [0.717, 1.165) is 25.9 Å². The predicted octanol–water partition coefficient (Wildman–Crippen LogP) is 3.34. The van der Waals surface area contributed by atoms with Crippen LogP contribution in [0.1, 0.15) is 57.5 Å².